The molecule has 0 aromatic heterocycles. The second-order valence-corrected chi connectivity index (χ2v) is 10.9. The fraction of sp³-hybridized carbons (Fsp3) is 0.152. The Morgan fingerprint density at radius 3 is 1.74 bits per heavy atom. The van der Waals surface area contributed by atoms with E-state index >= 15 is 0 Å². The Bertz CT molecular complexity index is 1760. The molecule has 3 aliphatic carbocycles. The van der Waals surface area contributed by atoms with Gasteiger partial charge in [-0.05, 0) is 52.6 Å². The normalized spacial score (nSPS) is 21.2. The van der Waals surface area contributed by atoms with Gasteiger partial charge in [0, 0.05) is 35.1 Å². The molecule has 2 atom stereocenters. The number of amides is 3. The lowest BCUT2D eigenvalue weighted by atomic mass is 9.55. The molecule has 1 saturated heterocycles. The number of nitro benzene ring substituents is 1. The second-order valence-electron chi connectivity index (χ2n) is 10.9. The van der Waals surface area contributed by atoms with Crippen LogP contribution < -0.4 is 0 Å². The van der Waals surface area contributed by atoms with Gasteiger partial charge in [-0.25, -0.2) is 9.40 Å². The second kappa shape index (κ2) is 9.80. The maximum absolute atomic E-state index is 14.3. The minimum Gasteiger partial charge on any atom is -0.292 e. The lowest BCUT2D eigenvalue weighted by Gasteiger charge is -2.45. The standard InChI is InChI=1S/C33H22FN3O6/c34-20-14-12-18(13-15-20)26(38)17-35(31(39)19-6-5-7-21(16-19)37(42)43)36-32(40)29-27-22-8-1-2-9-23(22)28(30(29)33(36)41)25-11-4-3-10-24(25)27/h1-16,27-30H,17H2/t27?,28?,29-,30-/m0/s1. The molecule has 4 aliphatic rings. The molecule has 0 spiro atoms. The van der Waals surface area contributed by atoms with Crippen molar-refractivity contribution in [1.29, 1.82) is 0 Å². The van der Waals surface area contributed by atoms with Crippen molar-refractivity contribution in [2.24, 2.45) is 11.8 Å². The van der Waals surface area contributed by atoms with Crippen molar-refractivity contribution >= 4 is 29.2 Å². The van der Waals surface area contributed by atoms with Crippen LogP contribution in [0.1, 0.15) is 54.8 Å². The Morgan fingerprint density at radius 2 is 1.26 bits per heavy atom. The van der Waals surface area contributed by atoms with Gasteiger partial charge in [0.1, 0.15) is 12.4 Å². The summed E-state index contributed by atoms with van der Waals surface area (Å²) in [4.78, 5) is 66.8. The molecule has 0 saturated carbocycles. The van der Waals surface area contributed by atoms with E-state index in [1.54, 1.807) is 0 Å². The highest BCUT2D eigenvalue weighted by Gasteiger charge is 2.63. The molecule has 0 N–H and O–H groups in total. The molecule has 0 unspecified atom stereocenters. The number of carbonyl (C=O) groups excluding carboxylic acids is 4. The van der Waals surface area contributed by atoms with Crippen LogP contribution in [0, 0.1) is 27.8 Å². The van der Waals surface area contributed by atoms with Crippen molar-refractivity contribution in [3.63, 3.8) is 0 Å². The van der Waals surface area contributed by atoms with Gasteiger partial charge in [-0.2, -0.15) is 5.01 Å². The molecule has 10 heteroatoms. The zero-order valence-electron chi connectivity index (χ0n) is 22.4. The van der Waals surface area contributed by atoms with Gasteiger partial charge in [-0.15, -0.1) is 0 Å². The van der Waals surface area contributed by atoms with E-state index in [1.807, 2.05) is 48.5 Å². The first-order valence-corrected chi connectivity index (χ1v) is 13.7. The van der Waals surface area contributed by atoms with Crippen molar-refractivity contribution in [2.75, 3.05) is 6.54 Å². The van der Waals surface area contributed by atoms with E-state index in [2.05, 4.69) is 0 Å². The van der Waals surface area contributed by atoms with Crippen LogP contribution in [0.3, 0.4) is 0 Å². The number of benzene rings is 4. The van der Waals surface area contributed by atoms with Gasteiger partial charge in [-0.1, -0.05) is 54.6 Å². The Balaban J connectivity index is 1.33. The summed E-state index contributed by atoms with van der Waals surface area (Å²) in [5, 5.41) is 13.0. The minimum atomic E-state index is -0.929. The summed E-state index contributed by atoms with van der Waals surface area (Å²) in [6, 6.07) is 24.9. The van der Waals surface area contributed by atoms with Crippen LogP contribution in [0.15, 0.2) is 97.1 Å². The molecule has 8 rings (SSSR count). The van der Waals surface area contributed by atoms with Gasteiger partial charge >= 0.3 is 0 Å². The quantitative estimate of drug-likeness (QED) is 0.140. The third kappa shape index (κ3) is 3.98. The maximum atomic E-state index is 14.3. The number of carbonyl (C=O) groups is 4. The van der Waals surface area contributed by atoms with E-state index in [4.69, 9.17) is 0 Å². The van der Waals surface area contributed by atoms with Crippen LogP contribution in [0.2, 0.25) is 0 Å². The SMILES string of the molecule is O=C(CN(C(=O)c1cccc([N+](=O)[O-])c1)N1C(=O)[C@H]2C3c4ccccc4C(c4ccccc43)[C@@H]2C1=O)c1ccc(F)cc1. The van der Waals surface area contributed by atoms with Crippen molar-refractivity contribution in [2.45, 2.75) is 11.8 Å². The number of nitro groups is 1. The number of hydrogen-bond donors (Lipinski definition) is 0. The number of imide groups is 1. The molecule has 3 amide bonds. The Hall–Kier alpha value is -5.51. The number of non-ortho nitro benzene ring substituents is 1. The van der Waals surface area contributed by atoms with Crippen LogP contribution in [-0.2, 0) is 9.59 Å². The van der Waals surface area contributed by atoms with Crippen molar-refractivity contribution in [3.05, 3.63) is 146 Å². The van der Waals surface area contributed by atoms with E-state index in [0.717, 1.165) is 50.5 Å². The van der Waals surface area contributed by atoms with Crippen LogP contribution >= 0.6 is 0 Å². The van der Waals surface area contributed by atoms with Gasteiger partial charge < -0.3 is 0 Å². The van der Waals surface area contributed by atoms with Crippen LogP contribution in [0.4, 0.5) is 10.1 Å². The number of nitrogens with zero attached hydrogens (tertiary/aromatic N) is 3. The van der Waals surface area contributed by atoms with E-state index in [0.29, 0.717) is 0 Å². The summed E-state index contributed by atoms with van der Waals surface area (Å²) in [6.07, 6.45) is 0. The molecular weight excluding hydrogens is 553 g/mol. The average molecular weight is 576 g/mol. The smallest absolute Gasteiger partial charge is 0.273 e. The van der Waals surface area contributed by atoms with E-state index in [-0.39, 0.29) is 16.8 Å². The lowest BCUT2D eigenvalue weighted by molar-refractivity contribution is -0.384. The first-order valence-electron chi connectivity index (χ1n) is 13.7. The molecule has 1 aliphatic heterocycles. The molecule has 4 aromatic rings. The maximum Gasteiger partial charge on any atom is 0.273 e. The molecule has 1 fully saturated rings. The Labute approximate surface area is 244 Å². The number of hydrogen-bond acceptors (Lipinski definition) is 6. The fourth-order valence-electron chi connectivity index (χ4n) is 6.90. The van der Waals surface area contributed by atoms with E-state index in [9.17, 15) is 33.7 Å². The van der Waals surface area contributed by atoms with Crippen LogP contribution in [-0.4, -0.2) is 45.0 Å². The molecule has 2 bridgehead atoms. The number of Topliss-reactive ketones (excluding diaryl/α,β-unsaturated/α-hetero) is 1. The number of halogens is 1. The van der Waals surface area contributed by atoms with Gasteiger partial charge in [-0.3, -0.25) is 29.3 Å². The number of ketones is 1. The highest BCUT2D eigenvalue weighted by Crippen LogP contribution is 2.61. The molecular formula is C33H22FN3O6. The summed E-state index contributed by atoms with van der Waals surface area (Å²) in [6.45, 7) is -0.723. The summed E-state index contributed by atoms with van der Waals surface area (Å²) in [5.74, 6) is -5.90. The van der Waals surface area contributed by atoms with Crippen molar-refractivity contribution in [1.82, 2.24) is 10.0 Å². The van der Waals surface area contributed by atoms with Gasteiger partial charge in [0.2, 0.25) is 0 Å². The predicted molar refractivity (Wildman–Crippen MR) is 150 cm³/mol. The molecule has 1 heterocycles. The molecule has 9 nitrogen and oxygen atoms in total. The summed E-state index contributed by atoms with van der Waals surface area (Å²) in [5.41, 5.74) is 3.28. The zero-order chi connectivity index (χ0) is 30.0. The monoisotopic (exact) mass is 575 g/mol. The molecule has 0 radical (unpaired) electrons. The largest absolute Gasteiger partial charge is 0.292 e. The van der Waals surface area contributed by atoms with Crippen LogP contribution in [0.25, 0.3) is 0 Å². The van der Waals surface area contributed by atoms with Crippen molar-refractivity contribution in [3.8, 4) is 0 Å². The first kappa shape index (κ1) is 26.4. The van der Waals surface area contributed by atoms with Gasteiger partial charge in [0.05, 0.1) is 16.8 Å². The Morgan fingerprint density at radius 1 is 0.744 bits per heavy atom. The van der Waals surface area contributed by atoms with E-state index < -0.39 is 64.5 Å². The fourth-order valence-corrected chi connectivity index (χ4v) is 6.90. The molecule has 4 aromatic carbocycles. The number of rotatable bonds is 6. The predicted octanol–water partition coefficient (Wildman–Crippen LogP) is 4.87. The average Bonchev–Trinajstić information content (AvgIpc) is 3.29. The molecule has 43 heavy (non-hydrogen) atoms. The number of hydrazine groups is 1. The Kier molecular flexibility index (Phi) is 6.01. The summed E-state index contributed by atoms with van der Waals surface area (Å²) < 4.78 is 13.6. The topological polar surface area (TPSA) is 118 Å². The minimum absolute atomic E-state index is 0.0645. The third-order valence-corrected chi connectivity index (χ3v) is 8.66. The lowest BCUT2D eigenvalue weighted by Crippen LogP contribution is -2.52. The van der Waals surface area contributed by atoms with E-state index in [1.165, 1.54) is 30.3 Å². The van der Waals surface area contributed by atoms with Crippen LogP contribution in [0.5, 0.6) is 0 Å². The first-order chi connectivity index (χ1) is 20.8. The van der Waals surface area contributed by atoms with Gasteiger partial charge in [0.15, 0.2) is 5.78 Å². The zero-order valence-corrected chi connectivity index (χ0v) is 22.4. The molecule has 212 valence electrons. The third-order valence-electron chi connectivity index (χ3n) is 8.66. The van der Waals surface area contributed by atoms with Gasteiger partial charge in [0.25, 0.3) is 23.4 Å². The van der Waals surface area contributed by atoms with Crippen molar-refractivity contribution < 1.29 is 28.5 Å². The summed E-state index contributed by atoms with van der Waals surface area (Å²) >= 11 is 0. The highest BCUT2D eigenvalue weighted by atomic mass is 19.1. The summed E-state index contributed by atoms with van der Waals surface area (Å²) in [7, 11) is 0. The highest BCUT2D eigenvalue weighted by molar-refractivity contribution is 6.11.